The molecule has 4 aromatic rings. The molecule has 1 fully saturated rings. The molecular weight excluding hydrogens is 479 g/mol. The Balaban J connectivity index is 1.22. The summed E-state index contributed by atoms with van der Waals surface area (Å²) in [6.45, 7) is 4.35. The number of rotatable bonds is 7. The fourth-order valence-corrected chi connectivity index (χ4v) is 5.14. The molecule has 186 valence electrons. The summed E-state index contributed by atoms with van der Waals surface area (Å²) in [5.74, 6) is 1.32. The Morgan fingerprint density at radius 2 is 1.83 bits per heavy atom. The van der Waals surface area contributed by atoms with Crippen molar-refractivity contribution in [3.05, 3.63) is 70.5 Å². The number of amides is 1. The van der Waals surface area contributed by atoms with Gasteiger partial charge in [0, 0.05) is 32.6 Å². The normalized spacial score (nSPS) is 13.8. The Hall–Kier alpha value is -3.79. The van der Waals surface area contributed by atoms with Gasteiger partial charge in [-0.25, -0.2) is 14.4 Å². The standard InChI is InChI=1S/C26H27FN6O2S/c1-17-3-2-4-20(15-17)35-16-22(34)32-11-13-33(14-12-32)24-23-25(31-26(28)30-24)36-21(29-23)10-7-18-5-8-19(27)9-6-18/h2-6,8-9,15H,7,10-14,16H2,1H3,(H2,28,30,31). The summed E-state index contributed by atoms with van der Waals surface area (Å²) in [6, 6.07) is 14.2. The molecule has 0 unspecified atom stereocenters. The van der Waals surface area contributed by atoms with Crippen LogP contribution in [0.2, 0.25) is 0 Å². The van der Waals surface area contributed by atoms with Crippen LogP contribution >= 0.6 is 11.3 Å². The predicted octanol–water partition coefficient (Wildman–Crippen LogP) is 3.63. The van der Waals surface area contributed by atoms with E-state index in [0.29, 0.717) is 37.7 Å². The van der Waals surface area contributed by atoms with Crippen molar-refractivity contribution in [3.8, 4) is 5.75 Å². The van der Waals surface area contributed by atoms with Crippen molar-refractivity contribution in [2.75, 3.05) is 43.4 Å². The second kappa shape index (κ2) is 10.4. The Labute approximate surface area is 212 Å². The van der Waals surface area contributed by atoms with Gasteiger partial charge in [0.25, 0.3) is 5.91 Å². The van der Waals surface area contributed by atoms with E-state index in [9.17, 15) is 9.18 Å². The second-order valence-corrected chi connectivity index (χ2v) is 9.83. The topological polar surface area (TPSA) is 97.5 Å². The predicted molar refractivity (Wildman–Crippen MR) is 139 cm³/mol. The number of ether oxygens (including phenoxy) is 1. The Morgan fingerprint density at radius 3 is 2.58 bits per heavy atom. The van der Waals surface area contributed by atoms with E-state index in [4.69, 9.17) is 15.5 Å². The molecule has 2 aromatic heterocycles. The molecule has 1 amide bonds. The number of carbonyl (C=O) groups is 1. The van der Waals surface area contributed by atoms with Crippen LogP contribution in [0.25, 0.3) is 10.3 Å². The third-order valence-corrected chi connectivity index (χ3v) is 7.14. The lowest BCUT2D eigenvalue weighted by Crippen LogP contribution is -2.50. The summed E-state index contributed by atoms with van der Waals surface area (Å²) in [4.78, 5) is 31.0. The average molecular weight is 507 g/mol. The van der Waals surface area contributed by atoms with Gasteiger partial charge in [-0.1, -0.05) is 35.6 Å². The molecule has 3 heterocycles. The molecule has 0 spiro atoms. The molecule has 8 nitrogen and oxygen atoms in total. The van der Waals surface area contributed by atoms with E-state index >= 15 is 0 Å². The number of halogens is 1. The number of carbonyl (C=O) groups excluding carboxylic acids is 1. The summed E-state index contributed by atoms with van der Waals surface area (Å²) < 4.78 is 18.9. The van der Waals surface area contributed by atoms with Crippen molar-refractivity contribution in [3.63, 3.8) is 0 Å². The van der Waals surface area contributed by atoms with Crippen LogP contribution in [0.15, 0.2) is 48.5 Å². The van der Waals surface area contributed by atoms with E-state index in [-0.39, 0.29) is 24.3 Å². The van der Waals surface area contributed by atoms with Crippen molar-refractivity contribution in [2.24, 2.45) is 0 Å². The van der Waals surface area contributed by atoms with Crippen molar-refractivity contribution in [2.45, 2.75) is 19.8 Å². The number of thiazole rings is 1. The molecule has 2 N–H and O–H groups in total. The largest absolute Gasteiger partial charge is 0.484 e. The number of aromatic nitrogens is 3. The zero-order valence-corrected chi connectivity index (χ0v) is 20.8. The first-order chi connectivity index (χ1) is 17.4. The second-order valence-electron chi connectivity index (χ2n) is 8.77. The van der Waals surface area contributed by atoms with Gasteiger partial charge in [-0.15, -0.1) is 0 Å². The zero-order valence-electron chi connectivity index (χ0n) is 20.0. The minimum Gasteiger partial charge on any atom is -0.484 e. The lowest BCUT2D eigenvalue weighted by molar-refractivity contribution is -0.133. The number of aryl methyl sites for hydroxylation is 3. The van der Waals surface area contributed by atoms with Gasteiger partial charge in [-0.2, -0.15) is 4.98 Å². The molecule has 0 radical (unpaired) electrons. The molecule has 1 aliphatic rings. The van der Waals surface area contributed by atoms with Crippen molar-refractivity contribution in [1.82, 2.24) is 19.9 Å². The molecule has 36 heavy (non-hydrogen) atoms. The average Bonchev–Trinajstić information content (AvgIpc) is 3.29. The number of hydrogen-bond acceptors (Lipinski definition) is 8. The van der Waals surface area contributed by atoms with Crippen LogP contribution in [-0.2, 0) is 17.6 Å². The molecule has 1 aliphatic heterocycles. The minimum atomic E-state index is -0.241. The van der Waals surface area contributed by atoms with Gasteiger partial charge in [0.1, 0.15) is 17.1 Å². The van der Waals surface area contributed by atoms with E-state index in [1.807, 2.05) is 36.1 Å². The number of nitrogens with zero attached hydrogens (tertiary/aromatic N) is 5. The maximum absolute atomic E-state index is 13.2. The first-order valence-electron chi connectivity index (χ1n) is 11.8. The smallest absolute Gasteiger partial charge is 0.260 e. The molecule has 0 bridgehead atoms. The summed E-state index contributed by atoms with van der Waals surface area (Å²) in [6.07, 6.45) is 1.47. The summed E-state index contributed by atoms with van der Waals surface area (Å²) in [5, 5.41) is 0.928. The molecular formula is C26H27FN6O2S. The minimum absolute atomic E-state index is 0.0116. The first-order valence-corrected chi connectivity index (χ1v) is 12.7. The fraction of sp³-hybridized carbons (Fsp3) is 0.308. The Bertz CT molecular complexity index is 1370. The monoisotopic (exact) mass is 506 g/mol. The highest BCUT2D eigenvalue weighted by Crippen LogP contribution is 2.30. The van der Waals surface area contributed by atoms with Gasteiger partial charge in [-0.05, 0) is 48.7 Å². The van der Waals surface area contributed by atoms with Crippen molar-refractivity contribution >= 4 is 39.4 Å². The van der Waals surface area contributed by atoms with Crippen LogP contribution in [0.4, 0.5) is 16.2 Å². The van der Waals surface area contributed by atoms with Gasteiger partial charge >= 0.3 is 0 Å². The van der Waals surface area contributed by atoms with Crippen LogP contribution in [-0.4, -0.2) is 58.5 Å². The maximum Gasteiger partial charge on any atom is 0.260 e. The number of fused-ring (bicyclic) bond motifs is 1. The van der Waals surface area contributed by atoms with Crippen molar-refractivity contribution < 1.29 is 13.9 Å². The first kappa shape index (κ1) is 23.9. The van der Waals surface area contributed by atoms with Crippen molar-refractivity contribution in [1.29, 1.82) is 0 Å². The molecule has 1 saturated heterocycles. The third-order valence-electron chi connectivity index (χ3n) is 6.13. The number of nitrogens with two attached hydrogens (primary N) is 1. The van der Waals surface area contributed by atoms with Crippen LogP contribution in [0, 0.1) is 12.7 Å². The van der Waals surface area contributed by atoms with Gasteiger partial charge in [0.15, 0.2) is 17.3 Å². The summed E-state index contributed by atoms with van der Waals surface area (Å²) >= 11 is 1.50. The molecule has 0 aliphatic carbocycles. The van der Waals surface area contributed by atoms with E-state index in [1.54, 1.807) is 12.1 Å². The third kappa shape index (κ3) is 5.54. The van der Waals surface area contributed by atoms with Gasteiger partial charge in [0.2, 0.25) is 5.95 Å². The summed E-state index contributed by atoms with van der Waals surface area (Å²) in [5.41, 5.74) is 8.88. The maximum atomic E-state index is 13.2. The highest BCUT2D eigenvalue weighted by atomic mass is 32.1. The molecule has 5 rings (SSSR count). The summed E-state index contributed by atoms with van der Waals surface area (Å²) in [7, 11) is 0. The lowest BCUT2D eigenvalue weighted by Gasteiger charge is -2.35. The van der Waals surface area contributed by atoms with Crippen LogP contribution in [0.3, 0.4) is 0 Å². The van der Waals surface area contributed by atoms with E-state index in [2.05, 4.69) is 14.9 Å². The number of hydrogen-bond donors (Lipinski definition) is 1. The number of anilines is 2. The SMILES string of the molecule is Cc1cccc(OCC(=O)N2CCN(c3nc(N)nc4sc(CCc5ccc(F)cc5)nc34)CC2)c1. The van der Waals surface area contributed by atoms with E-state index in [1.165, 1.54) is 23.5 Å². The van der Waals surface area contributed by atoms with E-state index in [0.717, 1.165) is 39.3 Å². The number of benzene rings is 2. The van der Waals surface area contributed by atoms with E-state index < -0.39 is 0 Å². The Morgan fingerprint density at radius 1 is 1.06 bits per heavy atom. The molecule has 0 atom stereocenters. The number of piperazine rings is 1. The quantitative estimate of drug-likeness (QED) is 0.409. The Kier molecular flexibility index (Phi) is 6.95. The highest BCUT2D eigenvalue weighted by molar-refractivity contribution is 7.18. The van der Waals surface area contributed by atoms with Gasteiger partial charge in [-0.3, -0.25) is 4.79 Å². The lowest BCUT2D eigenvalue weighted by atomic mass is 10.1. The molecule has 10 heteroatoms. The zero-order chi connectivity index (χ0) is 25.1. The van der Waals surface area contributed by atoms with Gasteiger partial charge < -0.3 is 20.3 Å². The van der Waals surface area contributed by atoms with Crippen LogP contribution in [0.1, 0.15) is 16.1 Å². The molecule has 0 saturated carbocycles. The van der Waals surface area contributed by atoms with Crippen LogP contribution < -0.4 is 15.4 Å². The number of nitrogen functional groups attached to an aromatic ring is 1. The fourth-order valence-electron chi connectivity index (χ4n) is 4.21. The van der Waals surface area contributed by atoms with Crippen LogP contribution in [0.5, 0.6) is 5.75 Å². The van der Waals surface area contributed by atoms with Gasteiger partial charge in [0.05, 0.1) is 5.01 Å². The highest BCUT2D eigenvalue weighted by Gasteiger charge is 2.25. The molecule has 2 aromatic carbocycles.